The van der Waals surface area contributed by atoms with E-state index in [-0.39, 0.29) is 18.4 Å². The molecule has 6 nitrogen and oxygen atoms in total. The summed E-state index contributed by atoms with van der Waals surface area (Å²) < 4.78 is 6.02. The van der Waals surface area contributed by atoms with Crippen molar-refractivity contribution in [2.45, 2.75) is 19.0 Å². The van der Waals surface area contributed by atoms with Gasteiger partial charge in [-0.05, 0) is 36.8 Å². The number of amides is 2. The topological polar surface area (TPSA) is 75.7 Å². The monoisotopic (exact) mass is 442 g/mol. The minimum absolute atomic E-state index is 0.211. The molecule has 4 rings (SSSR count). The van der Waals surface area contributed by atoms with Crippen LogP contribution >= 0.6 is 15.9 Å². The number of nitrogens with one attached hydrogen (secondary N) is 1. The molecule has 0 aromatic heterocycles. The molecular formula is C21H19BrN2O4. The third kappa shape index (κ3) is 3.04. The summed E-state index contributed by atoms with van der Waals surface area (Å²) in [7, 11) is 0. The van der Waals surface area contributed by atoms with Gasteiger partial charge in [0.25, 0.3) is 0 Å². The van der Waals surface area contributed by atoms with E-state index in [9.17, 15) is 14.4 Å². The molecule has 1 N–H and O–H groups in total. The third-order valence-electron chi connectivity index (χ3n) is 5.26. The van der Waals surface area contributed by atoms with Crippen molar-refractivity contribution in [2.75, 3.05) is 11.5 Å². The molecule has 2 amide bonds. The number of ether oxygens (including phenoxy) is 1. The van der Waals surface area contributed by atoms with Gasteiger partial charge >= 0.3 is 5.97 Å². The standard InChI is InChI=1S/C21H19BrN2O4/c1-2-28-21(27)18-16-15(17(23-18)12-6-4-3-5-7-12)19(25)24(20(16)26)14-10-8-13(22)9-11-14/h3-11,15-18,23H,2H2,1H3/t15-,16+,17?,18?/m1/s1. The molecule has 2 aromatic carbocycles. The van der Waals surface area contributed by atoms with E-state index in [0.717, 1.165) is 10.0 Å². The first-order chi connectivity index (χ1) is 13.5. The fraction of sp³-hybridized carbons (Fsp3) is 0.286. The van der Waals surface area contributed by atoms with Gasteiger partial charge < -0.3 is 4.74 Å². The van der Waals surface area contributed by atoms with Crippen molar-refractivity contribution in [1.82, 2.24) is 5.32 Å². The van der Waals surface area contributed by atoms with Crippen molar-refractivity contribution in [3.05, 3.63) is 64.6 Å². The lowest BCUT2D eigenvalue weighted by Gasteiger charge is -2.22. The third-order valence-corrected chi connectivity index (χ3v) is 5.79. The predicted molar refractivity (Wildman–Crippen MR) is 106 cm³/mol. The van der Waals surface area contributed by atoms with Gasteiger partial charge in [0.15, 0.2) is 0 Å². The summed E-state index contributed by atoms with van der Waals surface area (Å²) in [5.74, 6) is -2.63. The average molecular weight is 443 g/mol. The summed E-state index contributed by atoms with van der Waals surface area (Å²) in [6.45, 7) is 1.93. The average Bonchev–Trinajstić information content (AvgIpc) is 3.21. The maximum Gasteiger partial charge on any atom is 0.324 e. The van der Waals surface area contributed by atoms with Gasteiger partial charge in [0.2, 0.25) is 11.8 Å². The van der Waals surface area contributed by atoms with Gasteiger partial charge in [0.1, 0.15) is 6.04 Å². The minimum Gasteiger partial charge on any atom is -0.465 e. The number of hydrogen-bond donors (Lipinski definition) is 1. The van der Waals surface area contributed by atoms with Gasteiger partial charge in [-0.15, -0.1) is 0 Å². The molecule has 2 aromatic rings. The number of hydrogen-bond acceptors (Lipinski definition) is 5. The van der Waals surface area contributed by atoms with Crippen LogP contribution in [0.2, 0.25) is 0 Å². The molecule has 2 unspecified atom stereocenters. The summed E-state index contributed by atoms with van der Waals surface area (Å²) >= 11 is 3.36. The normalized spacial score (nSPS) is 26.4. The van der Waals surface area contributed by atoms with Gasteiger partial charge in [-0.25, -0.2) is 4.90 Å². The van der Waals surface area contributed by atoms with Gasteiger partial charge in [0.05, 0.1) is 24.1 Å². The molecule has 0 radical (unpaired) electrons. The van der Waals surface area contributed by atoms with E-state index in [1.807, 2.05) is 30.3 Å². The largest absolute Gasteiger partial charge is 0.465 e. The Kier molecular flexibility index (Phi) is 5.03. The van der Waals surface area contributed by atoms with Crippen LogP contribution in [0.1, 0.15) is 18.5 Å². The molecule has 0 spiro atoms. The Hall–Kier alpha value is -2.51. The number of esters is 1. The summed E-state index contributed by atoms with van der Waals surface area (Å²) in [6, 6.07) is 15.1. The van der Waals surface area contributed by atoms with E-state index in [1.54, 1.807) is 31.2 Å². The van der Waals surface area contributed by atoms with Crippen LogP contribution < -0.4 is 10.2 Å². The van der Waals surface area contributed by atoms with E-state index in [2.05, 4.69) is 21.2 Å². The number of halogens is 1. The number of carbonyl (C=O) groups excluding carboxylic acids is 3. The van der Waals surface area contributed by atoms with Crippen LogP contribution in [-0.2, 0) is 19.1 Å². The molecule has 0 bridgehead atoms. The van der Waals surface area contributed by atoms with Gasteiger partial charge in [-0.2, -0.15) is 0 Å². The molecule has 144 valence electrons. The number of imide groups is 1. The highest BCUT2D eigenvalue weighted by molar-refractivity contribution is 9.10. The molecular weight excluding hydrogens is 424 g/mol. The number of rotatable bonds is 4. The fourth-order valence-electron chi connectivity index (χ4n) is 4.07. The van der Waals surface area contributed by atoms with E-state index in [4.69, 9.17) is 4.74 Å². The maximum atomic E-state index is 13.3. The number of carbonyl (C=O) groups is 3. The Labute approximate surface area is 171 Å². The molecule has 2 saturated heterocycles. The van der Waals surface area contributed by atoms with Crippen LogP contribution in [0, 0.1) is 11.8 Å². The van der Waals surface area contributed by atoms with Crippen molar-refractivity contribution >= 4 is 39.4 Å². The zero-order chi connectivity index (χ0) is 19.8. The van der Waals surface area contributed by atoms with Crippen LogP contribution in [0.25, 0.3) is 0 Å². The van der Waals surface area contributed by atoms with E-state index >= 15 is 0 Å². The van der Waals surface area contributed by atoms with Gasteiger partial charge in [-0.1, -0.05) is 46.3 Å². The van der Waals surface area contributed by atoms with Crippen LogP contribution in [0.15, 0.2) is 59.1 Å². The zero-order valence-corrected chi connectivity index (χ0v) is 16.8. The lowest BCUT2D eigenvalue weighted by Crippen LogP contribution is -2.44. The lowest BCUT2D eigenvalue weighted by molar-refractivity contribution is -0.148. The molecule has 2 aliphatic heterocycles. The summed E-state index contributed by atoms with van der Waals surface area (Å²) in [6.07, 6.45) is 0. The van der Waals surface area contributed by atoms with Gasteiger partial charge in [-0.3, -0.25) is 19.7 Å². The quantitative estimate of drug-likeness (QED) is 0.581. The molecule has 28 heavy (non-hydrogen) atoms. The smallest absolute Gasteiger partial charge is 0.324 e. The first-order valence-electron chi connectivity index (χ1n) is 9.14. The number of anilines is 1. The van der Waals surface area contributed by atoms with Crippen molar-refractivity contribution < 1.29 is 19.1 Å². The second kappa shape index (κ2) is 7.48. The fourth-order valence-corrected chi connectivity index (χ4v) is 4.33. The van der Waals surface area contributed by atoms with Crippen molar-refractivity contribution in [3.8, 4) is 0 Å². The Bertz CT molecular complexity index is 916. The van der Waals surface area contributed by atoms with Crippen molar-refractivity contribution in [3.63, 3.8) is 0 Å². The Morgan fingerprint density at radius 2 is 1.68 bits per heavy atom. The van der Waals surface area contributed by atoms with E-state index in [0.29, 0.717) is 5.69 Å². The highest BCUT2D eigenvalue weighted by Crippen LogP contribution is 2.45. The highest BCUT2D eigenvalue weighted by atomic mass is 79.9. The summed E-state index contributed by atoms with van der Waals surface area (Å²) in [5.41, 5.74) is 1.37. The molecule has 2 aliphatic rings. The second-order valence-corrected chi connectivity index (χ2v) is 7.74. The molecule has 7 heteroatoms. The zero-order valence-electron chi connectivity index (χ0n) is 15.2. The molecule has 4 atom stereocenters. The summed E-state index contributed by atoms with van der Waals surface area (Å²) in [4.78, 5) is 40.2. The van der Waals surface area contributed by atoms with Crippen LogP contribution in [0.3, 0.4) is 0 Å². The first kappa shape index (κ1) is 18.8. The Balaban J connectivity index is 1.75. The molecule has 0 saturated carbocycles. The van der Waals surface area contributed by atoms with Crippen LogP contribution in [0.5, 0.6) is 0 Å². The van der Waals surface area contributed by atoms with Crippen LogP contribution in [-0.4, -0.2) is 30.4 Å². The van der Waals surface area contributed by atoms with E-state index < -0.39 is 29.9 Å². The molecule has 0 aliphatic carbocycles. The van der Waals surface area contributed by atoms with Crippen molar-refractivity contribution in [2.24, 2.45) is 11.8 Å². The van der Waals surface area contributed by atoms with Gasteiger partial charge in [0, 0.05) is 10.5 Å². The minimum atomic E-state index is -0.855. The number of nitrogens with zero attached hydrogens (tertiary/aromatic N) is 1. The lowest BCUT2D eigenvalue weighted by atomic mass is 9.86. The second-order valence-electron chi connectivity index (χ2n) is 6.82. The highest BCUT2D eigenvalue weighted by Gasteiger charge is 2.61. The maximum absolute atomic E-state index is 13.3. The summed E-state index contributed by atoms with van der Waals surface area (Å²) in [5, 5.41) is 3.19. The molecule has 2 fully saturated rings. The Morgan fingerprint density at radius 3 is 2.32 bits per heavy atom. The molecule has 2 heterocycles. The number of benzene rings is 2. The Morgan fingerprint density at radius 1 is 1.04 bits per heavy atom. The SMILES string of the molecule is CCOC(=O)C1NC(c2ccccc2)[C@@H]2C(=O)N(c3ccc(Br)cc3)C(=O)[C@H]12. The number of fused-ring (bicyclic) bond motifs is 1. The van der Waals surface area contributed by atoms with Crippen LogP contribution in [0.4, 0.5) is 5.69 Å². The van der Waals surface area contributed by atoms with E-state index in [1.165, 1.54) is 4.90 Å². The predicted octanol–water partition coefficient (Wildman–Crippen LogP) is 2.83. The van der Waals surface area contributed by atoms with Crippen molar-refractivity contribution in [1.29, 1.82) is 0 Å². The first-order valence-corrected chi connectivity index (χ1v) is 9.93.